The van der Waals surface area contributed by atoms with Crippen molar-refractivity contribution in [2.24, 2.45) is 5.92 Å². The van der Waals surface area contributed by atoms with Gasteiger partial charge in [0.25, 0.3) is 0 Å². The van der Waals surface area contributed by atoms with Crippen molar-refractivity contribution in [3.05, 3.63) is 71.3 Å². The van der Waals surface area contributed by atoms with Crippen LogP contribution in [0.2, 0.25) is 0 Å². The first-order chi connectivity index (χ1) is 14.9. The number of aromatic nitrogens is 2. The van der Waals surface area contributed by atoms with Gasteiger partial charge in [-0.05, 0) is 56.4 Å². The molecule has 3 aromatic rings. The van der Waals surface area contributed by atoms with Gasteiger partial charge in [0.2, 0.25) is 0 Å². The first-order valence-electron chi connectivity index (χ1n) is 11.5. The fraction of sp³-hybridized carbons (Fsp3) is 0.393. The number of hydrogen-bond acceptors (Lipinski definition) is 2. The molecule has 0 radical (unpaired) electrons. The van der Waals surface area contributed by atoms with Crippen LogP contribution in [0, 0.1) is 19.8 Å². The molecule has 0 bridgehead atoms. The second-order valence-corrected chi connectivity index (χ2v) is 9.90. The molecule has 2 aromatic heterocycles. The highest BCUT2D eigenvalue weighted by atomic mass is 32.1. The second-order valence-electron chi connectivity index (χ2n) is 9.04. The van der Waals surface area contributed by atoms with Crippen molar-refractivity contribution in [3.8, 4) is 22.0 Å². The summed E-state index contributed by atoms with van der Waals surface area (Å²) in [6, 6.07) is 10.8. The zero-order valence-electron chi connectivity index (χ0n) is 19.5. The number of hydrogen-bond donors (Lipinski definition) is 0. The molecule has 2 unspecified atom stereocenters. The molecule has 0 aliphatic heterocycles. The van der Waals surface area contributed by atoms with E-state index in [0.717, 1.165) is 22.7 Å². The van der Waals surface area contributed by atoms with Crippen molar-refractivity contribution >= 4 is 16.9 Å². The van der Waals surface area contributed by atoms with E-state index >= 15 is 0 Å². The SMILES string of the molecule is C=C(C)c1cc(-c2csc(-c3ccccc3C)n2)n(C23CC=CC2C3)c1C.CCCC. The zero-order valence-corrected chi connectivity index (χ0v) is 20.4. The van der Waals surface area contributed by atoms with Crippen LogP contribution >= 0.6 is 11.3 Å². The highest BCUT2D eigenvalue weighted by molar-refractivity contribution is 7.13. The lowest BCUT2D eigenvalue weighted by Crippen LogP contribution is -2.19. The monoisotopic (exact) mass is 430 g/mol. The summed E-state index contributed by atoms with van der Waals surface area (Å²) in [5, 5.41) is 3.31. The number of benzene rings is 1. The third-order valence-electron chi connectivity index (χ3n) is 6.74. The maximum Gasteiger partial charge on any atom is 0.124 e. The predicted molar refractivity (Wildman–Crippen MR) is 136 cm³/mol. The number of thiazole rings is 1. The third-order valence-corrected chi connectivity index (χ3v) is 7.61. The number of aryl methyl sites for hydroxylation is 1. The molecule has 2 heterocycles. The van der Waals surface area contributed by atoms with Crippen molar-refractivity contribution in [1.82, 2.24) is 9.55 Å². The first kappa shape index (κ1) is 21.8. The van der Waals surface area contributed by atoms with Gasteiger partial charge in [0.1, 0.15) is 5.01 Å². The van der Waals surface area contributed by atoms with Crippen molar-refractivity contribution in [2.45, 2.75) is 65.8 Å². The van der Waals surface area contributed by atoms with Crippen LogP contribution in [0.5, 0.6) is 0 Å². The summed E-state index contributed by atoms with van der Waals surface area (Å²) in [5.41, 5.74) is 8.79. The van der Waals surface area contributed by atoms with Crippen molar-refractivity contribution in [3.63, 3.8) is 0 Å². The summed E-state index contributed by atoms with van der Waals surface area (Å²) in [6.45, 7) is 15.1. The standard InChI is InChI=1S/C24H24N2S.C4H10/c1-15(2)20-12-22(26(17(20)4)24-11-7-9-18(24)13-24)21-14-27-23(25-21)19-10-6-5-8-16(19)3;1-3-4-2/h5-10,12,14,18H,1,11,13H2,2-4H3;3-4H2,1-2H3. The lowest BCUT2D eigenvalue weighted by molar-refractivity contribution is 0.475. The Bertz CT molecular complexity index is 1130. The fourth-order valence-corrected chi connectivity index (χ4v) is 5.62. The van der Waals surface area contributed by atoms with Gasteiger partial charge in [-0.25, -0.2) is 4.98 Å². The van der Waals surface area contributed by atoms with Gasteiger partial charge >= 0.3 is 0 Å². The summed E-state index contributed by atoms with van der Waals surface area (Å²) in [4.78, 5) is 5.05. The molecule has 1 aromatic carbocycles. The van der Waals surface area contributed by atoms with Crippen molar-refractivity contribution < 1.29 is 0 Å². The van der Waals surface area contributed by atoms with E-state index in [2.05, 4.69) is 93.6 Å². The Balaban J connectivity index is 0.000000535. The summed E-state index contributed by atoms with van der Waals surface area (Å²) >= 11 is 1.74. The topological polar surface area (TPSA) is 17.8 Å². The summed E-state index contributed by atoms with van der Waals surface area (Å²) in [7, 11) is 0. The smallest absolute Gasteiger partial charge is 0.124 e. The van der Waals surface area contributed by atoms with Crippen molar-refractivity contribution in [1.29, 1.82) is 0 Å². The molecule has 2 nitrogen and oxygen atoms in total. The van der Waals surface area contributed by atoms with Crippen LogP contribution in [0.15, 0.2) is 54.4 Å². The van der Waals surface area contributed by atoms with E-state index in [9.17, 15) is 0 Å². The minimum absolute atomic E-state index is 0.236. The van der Waals surface area contributed by atoms with E-state index in [-0.39, 0.29) is 5.54 Å². The average Bonchev–Trinajstić information content (AvgIpc) is 3.15. The molecule has 31 heavy (non-hydrogen) atoms. The number of fused-ring (bicyclic) bond motifs is 1. The highest BCUT2D eigenvalue weighted by Gasteiger charge is 2.57. The minimum atomic E-state index is 0.236. The van der Waals surface area contributed by atoms with Crippen LogP contribution < -0.4 is 0 Å². The highest BCUT2D eigenvalue weighted by Crippen LogP contribution is 2.60. The maximum absolute atomic E-state index is 5.05. The molecular weight excluding hydrogens is 396 g/mol. The van der Waals surface area contributed by atoms with Gasteiger partial charge in [-0.3, -0.25) is 0 Å². The number of allylic oxidation sites excluding steroid dienone is 3. The van der Waals surface area contributed by atoms with Crippen LogP contribution in [0.3, 0.4) is 0 Å². The summed E-state index contributed by atoms with van der Waals surface area (Å²) in [6.07, 6.45) is 9.75. The van der Waals surface area contributed by atoms with E-state index in [0.29, 0.717) is 5.92 Å². The first-order valence-corrected chi connectivity index (χ1v) is 12.4. The van der Waals surface area contributed by atoms with Crippen LogP contribution in [0.25, 0.3) is 27.5 Å². The molecule has 162 valence electrons. The van der Waals surface area contributed by atoms with E-state index in [1.54, 1.807) is 11.3 Å². The molecule has 5 rings (SSSR count). The van der Waals surface area contributed by atoms with Crippen molar-refractivity contribution in [2.75, 3.05) is 0 Å². The van der Waals surface area contributed by atoms with Crippen LogP contribution in [-0.2, 0) is 5.54 Å². The van der Waals surface area contributed by atoms with Gasteiger partial charge in [0.05, 0.1) is 16.9 Å². The van der Waals surface area contributed by atoms with Gasteiger partial charge in [-0.15, -0.1) is 11.3 Å². The maximum atomic E-state index is 5.05. The molecule has 1 saturated carbocycles. The molecular formula is C28H34N2S. The van der Waals surface area contributed by atoms with E-state index < -0.39 is 0 Å². The van der Waals surface area contributed by atoms with Crippen LogP contribution in [0.4, 0.5) is 0 Å². The zero-order chi connectivity index (χ0) is 22.2. The van der Waals surface area contributed by atoms with Gasteiger partial charge in [-0.1, -0.05) is 69.7 Å². The normalized spacial score (nSPS) is 20.9. The molecule has 0 saturated heterocycles. The Labute approximate surface area is 191 Å². The predicted octanol–water partition coefficient (Wildman–Crippen LogP) is 8.41. The molecule has 0 amide bonds. The summed E-state index contributed by atoms with van der Waals surface area (Å²) < 4.78 is 2.57. The third kappa shape index (κ3) is 3.85. The number of rotatable bonds is 5. The average molecular weight is 431 g/mol. The Morgan fingerprint density at radius 2 is 1.97 bits per heavy atom. The molecule has 1 fully saturated rings. The lowest BCUT2D eigenvalue weighted by atomic mass is 10.1. The van der Waals surface area contributed by atoms with Crippen LogP contribution in [-0.4, -0.2) is 9.55 Å². The molecule has 0 spiro atoms. The Kier molecular flexibility index (Phi) is 6.07. The number of nitrogens with zero attached hydrogens (tertiary/aromatic N) is 2. The fourth-order valence-electron chi connectivity index (χ4n) is 4.72. The van der Waals surface area contributed by atoms with Gasteiger partial charge in [-0.2, -0.15) is 0 Å². The molecule has 2 aliphatic rings. The lowest BCUT2D eigenvalue weighted by Gasteiger charge is -2.21. The van der Waals surface area contributed by atoms with E-state index in [1.165, 1.54) is 47.3 Å². The molecule has 2 aliphatic carbocycles. The summed E-state index contributed by atoms with van der Waals surface area (Å²) in [5.74, 6) is 0.676. The van der Waals surface area contributed by atoms with Crippen LogP contribution in [0.1, 0.15) is 63.3 Å². The Morgan fingerprint density at radius 1 is 1.23 bits per heavy atom. The molecule has 3 heteroatoms. The van der Waals surface area contributed by atoms with E-state index in [1.807, 2.05) is 0 Å². The number of unbranched alkanes of at least 4 members (excludes halogenated alkanes) is 1. The molecule has 0 N–H and O–H groups in total. The Hall–Kier alpha value is -2.39. The minimum Gasteiger partial charge on any atom is -0.336 e. The quantitative estimate of drug-likeness (QED) is 0.371. The van der Waals surface area contributed by atoms with E-state index in [4.69, 9.17) is 4.98 Å². The van der Waals surface area contributed by atoms with Gasteiger partial charge in [0, 0.05) is 22.6 Å². The Morgan fingerprint density at radius 3 is 2.55 bits per heavy atom. The molecule has 2 atom stereocenters. The van der Waals surface area contributed by atoms with Gasteiger partial charge in [0.15, 0.2) is 0 Å². The van der Waals surface area contributed by atoms with Gasteiger partial charge < -0.3 is 4.57 Å². The largest absolute Gasteiger partial charge is 0.336 e. The second kappa shape index (κ2) is 8.63.